The predicted molar refractivity (Wildman–Crippen MR) is 170 cm³/mol. The monoisotopic (exact) mass is 653 g/mol. The van der Waals surface area contributed by atoms with E-state index in [1.807, 2.05) is 0 Å². The molecule has 3 aliphatic heterocycles. The van der Waals surface area contributed by atoms with E-state index in [1.165, 1.54) is 6.20 Å². The normalized spacial score (nSPS) is 23.4. The van der Waals surface area contributed by atoms with Crippen molar-refractivity contribution in [3.63, 3.8) is 0 Å². The molecule has 0 spiro atoms. The Bertz CT molecular complexity index is 1760. The number of benzene rings is 1. The standard InChI is InChI=1S/C33H38ClF2N7O3/c34-25-12-26-23(16-39-42-26)27(22(25)6-1-5-21(44)8-7-19-4-2-10-37-14-19)30-28(36)29-24(15-38-30)31(45)41-32(40-29)46-18-33-9-3-11-43(33)17-20(35)13-33/h12,15-16,19-20,37H,1-11,13-14,17-18H2,(H,39,42)(H,40,41,45)/t19?,20-,33+/m1/s1. The highest BCUT2D eigenvalue weighted by Gasteiger charge is 2.49. The van der Waals surface area contributed by atoms with Gasteiger partial charge in [0.25, 0.3) is 0 Å². The van der Waals surface area contributed by atoms with Crippen LogP contribution in [-0.2, 0) is 11.2 Å². The second kappa shape index (κ2) is 13.0. The minimum atomic E-state index is -0.926. The lowest BCUT2D eigenvalue weighted by Gasteiger charge is -2.30. The van der Waals surface area contributed by atoms with Gasteiger partial charge in [-0.1, -0.05) is 11.6 Å². The molecule has 0 saturated carbocycles. The summed E-state index contributed by atoms with van der Waals surface area (Å²) >= 11 is 6.77. The third kappa shape index (κ3) is 6.02. The number of carbonyl (C=O) groups excluding carboxylic acids is 1. The molecular formula is C33H38ClF2N7O3. The zero-order valence-electron chi connectivity index (χ0n) is 25.6. The minimum absolute atomic E-state index is 0.00630. The van der Waals surface area contributed by atoms with E-state index in [2.05, 4.69) is 35.4 Å². The van der Waals surface area contributed by atoms with Gasteiger partial charge in [-0.15, -0.1) is 0 Å². The Morgan fingerprint density at radius 2 is 2.11 bits per heavy atom. The van der Waals surface area contributed by atoms with Crippen molar-refractivity contribution in [3.05, 3.63) is 34.9 Å². The van der Waals surface area contributed by atoms with Gasteiger partial charge in [-0.05, 0) is 82.1 Å². The number of nitrogens with one attached hydrogen (secondary N) is 2. The predicted octanol–water partition coefficient (Wildman–Crippen LogP) is 5.69. The molecular weight excluding hydrogens is 616 g/mol. The second-order valence-electron chi connectivity index (χ2n) is 13.1. The highest BCUT2D eigenvalue weighted by Crippen LogP contribution is 2.42. The van der Waals surface area contributed by atoms with Crippen LogP contribution in [0.25, 0.3) is 33.1 Å². The number of ether oxygens (including phenoxy) is 1. The number of Topliss-reactive ketones (excluding diaryl/α,β-unsaturated/α-hetero) is 1. The van der Waals surface area contributed by atoms with Crippen molar-refractivity contribution in [2.24, 2.45) is 5.92 Å². The van der Waals surface area contributed by atoms with Crippen LogP contribution in [0.4, 0.5) is 8.78 Å². The van der Waals surface area contributed by atoms with Crippen LogP contribution < -0.4 is 10.1 Å². The number of piperidine rings is 1. The molecule has 1 aromatic carbocycles. The van der Waals surface area contributed by atoms with Gasteiger partial charge in [0.15, 0.2) is 5.82 Å². The molecule has 3 fully saturated rings. The van der Waals surface area contributed by atoms with E-state index >= 15 is 4.39 Å². The maximum Gasteiger partial charge on any atom is 0.320 e. The first-order valence-corrected chi connectivity index (χ1v) is 16.6. The van der Waals surface area contributed by atoms with Gasteiger partial charge in [-0.2, -0.15) is 15.1 Å². The molecule has 0 aliphatic carbocycles. The van der Waals surface area contributed by atoms with Crippen LogP contribution in [-0.4, -0.2) is 85.4 Å². The Labute approximate surface area is 270 Å². The van der Waals surface area contributed by atoms with Gasteiger partial charge >= 0.3 is 6.01 Å². The Hall–Kier alpha value is -3.48. The van der Waals surface area contributed by atoms with Gasteiger partial charge in [0.2, 0.25) is 5.88 Å². The molecule has 0 radical (unpaired) electrons. The van der Waals surface area contributed by atoms with Crippen molar-refractivity contribution in [1.29, 1.82) is 0 Å². The van der Waals surface area contributed by atoms with Crippen LogP contribution >= 0.6 is 11.6 Å². The van der Waals surface area contributed by atoms with Gasteiger partial charge in [-0.25, -0.2) is 8.78 Å². The van der Waals surface area contributed by atoms with Crippen molar-refractivity contribution < 1.29 is 23.4 Å². The fourth-order valence-corrected chi connectivity index (χ4v) is 7.95. The number of halogens is 3. The summed E-state index contributed by atoms with van der Waals surface area (Å²) in [4.78, 5) is 27.6. The largest absolute Gasteiger partial charge is 0.493 e. The molecule has 6 heterocycles. The van der Waals surface area contributed by atoms with Crippen molar-refractivity contribution in [1.82, 2.24) is 35.4 Å². The van der Waals surface area contributed by atoms with Gasteiger partial charge in [0.1, 0.15) is 29.8 Å². The molecule has 3 aromatic heterocycles. The molecule has 3 saturated heterocycles. The van der Waals surface area contributed by atoms with Gasteiger partial charge < -0.3 is 15.2 Å². The fraction of sp³-hybridized carbons (Fsp3) is 0.545. The lowest BCUT2D eigenvalue weighted by atomic mass is 9.92. The number of pyridine rings is 1. The molecule has 13 heteroatoms. The maximum atomic E-state index is 16.5. The van der Waals surface area contributed by atoms with Crippen molar-refractivity contribution in [2.75, 3.05) is 32.8 Å². The van der Waals surface area contributed by atoms with Crippen molar-refractivity contribution in [2.45, 2.75) is 75.9 Å². The van der Waals surface area contributed by atoms with E-state index < -0.39 is 23.4 Å². The molecule has 10 nitrogen and oxygen atoms in total. The summed E-state index contributed by atoms with van der Waals surface area (Å²) in [6.07, 6.45) is 9.22. The van der Waals surface area contributed by atoms with E-state index in [9.17, 15) is 14.3 Å². The molecule has 1 unspecified atom stereocenters. The number of aromatic amines is 1. The summed E-state index contributed by atoms with van der Waals surface area (Å²) in [7, 11) is 0. The number of aromatic nitrogens is 5. The number of hydrogen-bond donors (Lipinski definition) is 3. The fourth-order valence-electron chi connectivity index (χ4n) is 7.65. The van der Waals surface area contributed by atoms with E-state index in [4.69, 9.17) is 16.3 Å². The maximum absolute atomic E-state index is 16.5. The second-order valence-corrected chi connectivity index (χ2v) is 13.5. The molecule has 3 aliphatic rings. The summed E-state index contributed by atoms with van der Waals surface area (Å²) in [5, 5.41) is 22.2. The van der Waals surface area contributed by atoms with Crippen LogP contribution in [0.3, 0.4) is 0 Å². The van der Waals surface area contributed by atoms with Crippen LogP contribution in [0.5, 0.6) is 11.9 Å². The smallest absolute Gasteiger partial charge is 0.320 e. The first-order valence-electron chi connectivity index (χ1n) is 16.3. The quantitative estimate of drug-likeness (QED) is 0.187. The average molecular weight is 654 g/mol. The molecule has 7 rings (SSSR count). The van der Waals surface area contributed by atoms with Crippen LogP contribution in [0.1, 0.15) is 63.4 Å². The number of aromatic hydroxyl groups is 1. The highest BCUT2D eigenvalue weighted by atomic mass is 35.5. The summed E-state index contributed by atoms with van der Waals surface area (Å²) < 4.78 is 36.7. The number of ketones is 1. The number of alkyl halides is 1. The SMILES string of the molecule is O=C(CCCc1c(Cl)cc2[nH]ncc2c1-c1ncc2c(O)nc(OC[C@@]34CCCN3C[C@H](F)C4)nc2c1F)CCC1CCCNC1. The minimum Gasteiger partial charge on any atom is -0.493 e. The molecule has 46 heavy (non-hydrogen) atoms. The van der Waals surface area contributed by atoms with E-state index in [-0.39, 0.29) is 35.0 Å². The number of H-pyrrole nitrogens is 1. The van der Waals surface area contributed by atoms with Crippen LogP contribution in [0, 0.1) is 11.7 Å². The number of carbonyl (C=O) groups is 1. The lowest BCUT2D eigenvalue weighted by molar-refractivity contribution is -0.119. The molecule has 3 N–H and O–H groups in total. The zero-order chi connectivity index (χ0) is 31.8. The molecule has 0 amide bonds. The molecule has 0 bridgehead atoms. The third-order valence-corrected chi connectivity index (χ3v) is 10.4. The van der Waals surface area contributed by atoms with Gasteiger partial charge in [-0.3, -0.25) is 19.8 Å². The molecule has 3 atom stereocenters. The van der Waals surface area contributed by atoms with Crippen molar-refractivity contribution in [3.8, 4) is 23.1 Å². The Morgan fingerprint density at radius 1 is 1.22 bits per heavy atom. The summed E-state index contributed by atoms with van der Waals surface area (Å²) in [6, 6.07) is 1.56. The summed E-state index contributed by atoms with van der Waals surface area (Å²) in [5.41, 5.74) is 1.11. The Morgan fingerprint density at radius 3 is 2.96 bits per heavy atom. The highest BCUT2D eigenvalue weighted by molar-refractivity contribution is 6.33. The van der Waals surface area contributed by atoms with E-state index in [0.717, 1.165) is 51.7 Å². The average Bonchev–Trinajstić information content (AvgIpc) is 3.74. The topological polar surface area (TPSA) is 129 Å². The summed E-state index contributed by atoms with van der Waals surface area (Å²) in [6.45, 7) is 3.33. The zero-order valence-corrected chi connectivity index (χ0v) is 26.4. The summed E-state index contributed by atoms with van der Waals surface area (Å²) in [5.74, 6) is -0.479. The van der Waals surface area contributed by atoms with Crippen molar-refractivity contribution >= 4 is 39.2 Å². The molecule has 244 valence electrons. The van der Waals surface area contributed by atoms with Crippen LogP contribution in [0.15, 0.2) is 18.5 Å². The lowest BCUT2D eigenvalue weighted by Crippen LogP contribution is -2.43. The number of hydrogen-bond acceptors (Lipinski definition) is 9. The van der Waals surface area contributed by atoms with Crippen LogP contribution in [0.2, 0.25) is 5.02 Å². The first kappa shape index (κ1) is 31.1. The van der Waals surface area contributed by atoms with Gasteiger partial charge in [0.05, 0.1) is 22.6 Å². The Kier molecular flexibility index (Phi) is 8.77. The number of nitrogens with zero attached hydrogens (tertiary/aromatic N) is 5. The van der Waals surface area contributed by atoms with E-state index in [1.54, 1.807) is 12.3 Å². The number of rotatable bonds is 11. The van der Waals surface area contributed by atoms with Gasteiger partial charge in [0, 0.05) is 48.0 Å². The number of fused-ring (bicyclic) bond motifs is 3. The van der Waals surface area contributed by atoms with E-state index in [0.29, 0.717) is 71.6 Å². The third-order valence-electron chi connectivity index (χ3n) is 10.0. The Balaban J connectivity index is 1.15. The molecule has 4 aromatic rings. The first-order chi connectivity index (χ1) is 22.3.